The second-order valence-electron chi connectivity index (χ2n) is 7.14. The largest absolute Gasteiger partial charge is 0.307 e. The average Bonchev–Trinajstić information content (AvgIpc) is 3.28. The zero-order chi connectivity index (χ0) is 16.7. The van der Waals surface area contributed by atoms with Crippen molar-refractivity contribution in [3.63, 3.8) is 0 Å². The molecule has 2 aliphatic rings. The Kier molecular flexibility index (Phi) is 3.52. The van der Waals surface area contributed by atoms with E-state index in [0.717, 1.165) is 5.56 Å². The van der Waals surface area contributed by atoms with Gasteiger partial charge in [-0.2, -0.15) is 0 Å². The van der Waals surface area contributed by atoms with Crippen LogP contribution in [0.25, 0.3) is 5.57 Å². The highest BCUT2D eigenvalue weighted by molar-refractivity contribution is 6.04. The fourth-order valence-corrected chi connectivity index (χ4v) is 3.96. The summed E-state index contributed by atoms with van der Waals surface area (Å²) in [5, 5.41) is 2.90. The Morgan fingerprint density at radius 2 is 1.88 bits per heavy atom. The van der Waals surface area contributed by atoms with Crippen molar-refractivity contribution in [3.8, 4) is 0 Å². The summed E-state index contributed by atoms with van der Waals surface area (Å²) in [4.78, 5) is 16.9. The predicted molar refractivity (Wildman–Crippen MR) is 96.9 cm³/mol. The summed E-state index contributed by atoms with van der Waals surface area (Å²) in [6, 6.07) is 11.6. The van der Waals surface area contributed by atoms with Crippen LogP contribution in [-0.2, 0) is 0 Å². The van der Waals surface area contributed by atoms with Crippen molar-refractivity contribution < 1.29 is 4.79 Å². The standard InChI is InChI=1S/C21H22N2O/c1-14-5-3-4-6-17(14)20(24)23-18-8-7-16(13-22-18)19-15(2)9-10-21(19)11-12-21/h3-8,13H,9-12H2,1-2H3,(H,22,23,24). The lowest BCUT2D eigenvalue weighted by molar-refractivity contribution is 0.102. The van der Waals surface area contributed by atoms with Crippen molar-refractivity contribution in [3.05, 3.63) is 64.9 Å². The number of nitrogens with one attached hydrogen (secondary N) is 1. The lowest BCUT2D eigenvalue weighted by atomic mass is 9.92. The van der Waals surface area contributed by atoms with E-state index in [-0.39, 0.29) is 5.91 Å². The molecule has 3 heteroatoms. The van der Waals surface area contributed by atoms with Crippen LogP contribution in [0.2, 0.25) is 0 Å². The number of carbonyl (C=O) groups is 1. The summed E-state index contributed by atoms with van der Waals surface area (Å²) < 4.78 is 0. The zero-order valence-corrected chi connectivity index (χ0v) is 14.2. The van der Waals surface area contributed by atoms with E-state index < -0.39 is 0 Å². The molecule has 1 amide bonds. The van der Waals surface area contributed by atoms with Gasteiger partial charge in [-0.25, -0.2) is 4.98 Å². The Hall–Kier alpha value is -2.42. The van der Waals surface area contributed by atoms with E-state index in [1.54, 1.807) is 0 Å². The van der Waals surface area contributed by atoms with Crippen molar-refractivity contribution in [2.24, 2.45) is 5.41 Å². The van der Waals surface area contributed by atoms with Gasteiger partial charge >= 0.3 is 0 Å². The van der Waals surface area contributed by atoms with E-state index in [2.05, 4.69) is 23.3 Å². The van der Waals surface area contributed by atoms with Gasteiger partial charge in [0.2, 0.25) is 0 Å². The lowest BCUT2D eigenvalue weighted by Crippen LogP contribution is -2.14. The number of anilines is 1. The number of aryl methyl sites for hydroxylation is 1. The van der Waals surface area contributed by atoms with E-state index >= 15 is 0 Å². The Bertz CT molecular complexity index is 829. The van der Waals surface area contributed by atoms with Crippen LogP contribution in [-0.4, -0.2) is 10.9 Å². The molecular weight excluding hydrogens is 296 g/mol. The van der Waals surface area contributed by atoms with Crippen molar-refractivity contribution in [2.45, 2.75) is 39.5 Å². The van der Waals surface area contributed by atoms with E-state index in [4.69, 9.17) is 0 Å². The maximum absolute atomic E-state index is 12.4. The van der Waals surface area contributed by atoms with Crippen molar-refractivity contribution in [1.82, 2.24) is 4.98 Å². The van der Waals surface area contributed by atoms with Crippen LogP contribution in [0.15, 0.2) is 48.2 Å². The van der Waals surface area contributed by atoms with E-state index in [1.807, 2.05) is 43.5 Å². The highest BCUT2D eigenvalue weighted by atomic mass is 16.1. The van der Waals surface area contributed by atoms with Gasteiger partial charge in [-0.3, -0.25) is 4.79 Å². The van der Waals surface area contributed by atoms with Crippen LogP contribution < -0.4 is 5.32 Å². The molecule has 1 spiro atoms. The van der Waals surface area contributed by atoms with Gasteiger partial charge in [0.05, 0.1) is 0 Å². The van der Waals surface area contributed by atoms with Gasteiger partial charge in [0.1, 0.15) is 5.82 Å². The Morgan fingerprint density at radius 1 is 1.08 bits per heavy atom. The van der Waals surface area contributed by atoms with Gasteiger partial charge in [-0.1, -0.05) is 23.8 Å². The normalized spacial score (nSPS) is 18.1. The first kappa shape index (κ1) is 15.1. The molecule has 1 aromatic carbocycles. The highest BCUT2D eigenvalue weighted by Gasteiger charge is 2.49. The summed E-state index contributed by atoms with van der Waals surface area (Å²) in [6.45, 7) is 4.19. The number of rotatable bonds is 3. The highest BCUT2D eigenvalue weighted by Crippen LogP contribution is 2.63. The fraction of sp³-hybridized carbons (Fsp3) is 0.333. The molecule has 1 N–H and O–H groups in total. The van der Waals surface area contributed by atoms with Gasteiger partial charge in [0, 0.05) is 11.8 Å². The average molecular weight is 318 g/mol. The number of amides is 1. The molecule has 3 nitrogen and oxygen atoms in total. The third kappa shape index (κ3) is 2.54. The number of pyridine rings is 1. The van der Waals surface area contributed by atoms with Crippen LogP contribution in [0.5, 0.6) is 0 Å². The Labute approximate surface area is 142 Å². The monoisotopic (exact) mass is 318 g/mol. The predicted octanol–water partition coefficient (Wildman–Crippen LogP) is 4.99. The van der Waals surface area contributed by atoms with Crippen LogP contribution >= 0.6 is 0 Å². The minimum Gasteiger partial charge on any atom is -0.307 e. The third-order valence-electron chi connectivity index (χ3n) is 5.47. The second-order valence-corrected chi connectivity index (χ2v) is 7.14. The van der Waals surface area contributed by atoms with Gasteiger partial charge in [0.15, 0.2) is 0 Å². The van der Waals surface area contributed by atoms with E-state index in [1.165, 1.54) is 42.4 Å². The molecule has 0 aliphatic heterocycles. The summed E-state index contributed by atoms with van der Waals surface area (Å²) in [5.74, 6) is 0.497. The molecule has 0 unspecified atom stereocenters. The molecule has 4 rings (SSSR count). The number of nitrogens with zero attached hydrogens (tertiary/aromatic N) is 1. The number of hydrogen-bond donors (Lipinski definition) is 1. The Morgan fingerprint density at radius 3 is 2.54 bits per heavy atom. The fourth-order valence-electron chi connectivity index (χ4n) is 3.96. The molecular formula is C21H22N2O. The molecule has 2 aliphatic carbocycles. The first-order valence-corrected chi connectivity index (χ1v) is 8.63. The molecule has 24 heavy (non-hydrogen) atoms. The van der Waals surface area contributed by atoms with Crippen LogP contribution in [0.1, 0.15) is 54.1 Å². The summed E-state index contributed by atoms with van der Waals surface area (Å²) in [7, 11) is 0. The van der Waals surface area contributed by atoms with Crippen LogP contribution in [0.3, 0.4) is 0 Å². The van der Waals surface area contributed by atoms with Gasteiger partial charge in [0.25, 0.3) is 5.91 Å². The molecule has 122 valence electrons. The van der Waals surface area contributed by atoms with Gasteiger partial charge in [-0.15, -0.1) is 0 Å². The molecule has 0 bridgehead atoms. The number of aromatic nitrogens is 1. The van der Waals surface area contributed by atoms with E-state index in [0.29, 0.717) is 16.8 Å². The molecule has 2 aromatic rings. The molecule has 0 atom stereocenters. The minimum absolute atomic E-state index is 0.108. The molecule has 1 heterocycles. The van der Waals surface area contributed by atoms with E-state index in [9.17, 15) is 4.79 Å². The number of benzene rings is 1. The van der Waals surface area contributed by atoms with Crippen molar-refractivity contribution in [2.75, 3.05) is 5.32 Å². The molecule has 0 saturated heterocycles. The molecule has 1 aromatic heterocycles. The number of hydrogen-bond acceptors (Lipinski definition) is 2. The number of carbonyl (C=O) groups excluding carboxylic acids is 1. The maximum atomic E-state index is 12.4. The smallest absolute Gasteiger partial charge is 0.257 e. The Balaban J connectivity index is 1.54. The van der Waals surface area contributed by atoms with Crippen LogP contribution in [0, 0.1) is 12.3 Å². The van der Waals surface area contributed by atoms with Crippen molar-refractivity contribution in [1.29, 1.82) is 0 Å². The molecule has 0 radical (unpaired) electrons. The zero-order valence-electron chi connectivity index (χ0n) is 14.2. The lowest BCUT2D eigenvalue weighted by Gasteiger charge is -2.14. The SMILES string of the molecule is CC1=C(c2ccc(NC(=O)c3ccccc3C)nc2)C2(CC1)CC2. The maximum Gasteiger partial charge on any atom is 0.257 e. The minimum atomic E-state index is -0.108. The topological polar surface area (TPSA) is 42.0 Å². The molecule has 1 saturated carbocycles. The quantitative estimate of drug-likeness (QED) is 0.866. The van der Waals surface area contributed by atoms with Gasteiger partial charge < -0.3 is 5.32 Å². The first-order valence-electron chi connectivity index (χ1n) is 8.63. The first-order chi connectivity index (χ1) is 11.6. The number of allylic oxidation sites excluding steroid dienone is 2. The summed E-state index contributed by atoms with van der Waals surface area (Å²) >= 11 is 0. The van der Waals surface area contributed by atoms with Gasteiger partial charge in [-0.05, 0) is 79.8 Å². The summed E-state index contributed by atoms with van der Waals surface area (Å²) in [5.41, 5.74) is 6.33. The van der Waals surface area contributed by atoms with Crippen LogP contribution in [0.4, 0.5) is 5.82 Å². The third-order valence-corrected chi connectivity index (χ3v) is 5.47. The summed E-state index contributed by atoms with van der Waals surface area (Å²) in [6.07, 6.45) is 7.04. The van der Waals surface area contributed by atoms with Crippen molar-refractivity contribution >= 4 is 17.3 Å². The second kappa shape index (κ2) is 5.59. The molecule has 1 fully saturated rings.